The van der Waals surface area contributed by atoms with Crippen LogP contribution in [0.3, 0.4) is 0 Å². The molecule has 106 valence electrons. The average molecular weight is 309 g/mol. The molecule has 0 atom stereocenters. The highest BCUT2D eigenvalue weighted by Gasteiger charge is 2.28. The Bertz CT molecular complexity index is 596. The van der Waals surface area contributed by atoms with Crippen LogP contribution in [0.1, 0.15) is 25.8 Å². The fourth-order valence-corrected chi connectivity index (χ4v) is 3.00. The molecule has 0 unspecified atom stereocenters. The van der Waals surface area contributed by atoms with Crippen LogP contribution in [0.15, 0.2) is 21.4 Å². The summed E-state index contributed by atoms with van der Waals surface area (Å²) in [6, 6.07) is 2.39. The van der Waals surface area contributed by atoms with E-state index < -0.39 is 0 Å². The zero-order valence-electron chi connectivity index (χ0n) is 11.3. The third-order valence-corrected chi connectivity index (χ3v) is 4.19. The number of anilines is 1. The van der Waals surface area contributed by atoms with Gasteiger partial charge in [0.25, 0.3) is 0 Å². The van der Waals surface area contributed by atoms with Gasteiger partial charge in [-0.2, -0.15) is 0 Å². The number of nitrogens with zero attached hydrogens (tertiary/aromatic N) is 6. The molecular formula is C11H15N7S2. The van der Waals surface area contributed by atoms with Gasteiger partial charge in [-0.25, -0.2) is 14.6 Å². The molecule has 1 N–H and O–H groups in total. The highest BCUT2D eigenvalue weighted by molar-refractivity contribution is 7.99. The maximum Gasteiger partial charge on any atom is 0.215 e. The first-order chi connectivity index (χ1) is 9.80. The second-order valence-electron chi connectivity index (χ2n) is 4.35. The summed E-state index contributed by atoms with van der Waals surface area (Å²) in [6.07, 6.45) is 4.27. The standard InChI is InChI=1S/C11H15N7S2/c1-3-12-8-6-9(14-10(13-8)19-2)20-11-15-16-17-18(11)7-4-5-7/h6-7H,3-5H2,1-2H3,(H,12,13,14). The van der Waals surface area contributed by atoms with Crippen LogP contribution in [0.25, 0.3) is 0 Å². The maximum absolute atomic E-state index is 4.50. The van der Waals surface area contributed by atoms with Gasteiger partial charge in [-0.3, -0.25) is 0 Å². The molecule has 0 amide bonds. The van der Waals surface area contributed by atoms with E-state index in [2.05, 4.69) is 30.8 Å². The van der Waals surface area contributed by atoms with Crippen molar-refractivity contribution in [3.63, 3.8) is 0 Å². The first-order valence-corrected chi connectivity index (χ1v) is 8.47. The molecule has 0 aliphatic heterocycles. The summed E-state index contributed by atoms with van der Waals surface area (Å²) in [5.41, 5.74) is 0. The highest BCUT2D eigenvalue weighted by Crippen LogP contribution is 2.38. The van der Waals surface area contributed by atoms with E-state index in [0.29, 0.717) is 6.04 Å². The lowest BCUT2D eigenvalue weighted by molar-refractivity contribution is 0.565. The SMILES string of the molecule is CCNc1cc(Sc2nnnn2C2CC2)nc(SC)n1. The van der Waals surface area contributed by atoms with Gasteiger partial charge in [0.15, 0.2) is 5.16 Å². The molecule has 7 nitrogen and oxygen atoms in total. The fraction of sp³-hybridized carbons (Fsp3) is 0.545. The van der Waals surface area contributed by atoms with Crippen molar-refractivity contribution in [3.05, 3.63) is 6.07 Å². The van der Waals surface area contributed by atoms with E-state index in [1.54, 1.807) is 0 Å². The van der Waals surface area contributed by atoms with Crippen molar-refractivity contribution < 1.29 is 0 Å². The number of hydrogen-bond donors (Lipinski definition) is 1. The van der Waals surface area contributed by atoms with E-state index in [0.717, 1.165) is 40.5 Å². The summed E-state index contributed by atoms with van der Waals surface area (Å²) in [5, 5.41) is 17.5. The largest absolute Gasteiger partial charge is 0.370 e. The molecule has 0 spiro atoms. The minimum absolute atomic E-state index is 0.461. The van der Waals surface area contributed by atoms with Gasteiger partial charge in [0, 0.05) is 12.6 Å². The van der Waals surface area contributed by atoms with Gasteiger partial charge >= 0.3 is 0 Å². The van der Waals surface area contributed by atoms with Crippen molar-refractivity contribution >= 4 is 29.3 Å². The Balaban J connectivity index is 1.85. The van der Waals surface area contributed by atoms with Crippen molar-refractivity contribution in [3.8, 4) is 0 Å². The quantitative estimate of drug-likeness (QED) is 0.493. The van der Waals surface area contributed by atoms with E-state index in [1.165, 1.54) is 23.5 Å². The zero-order chi connectivity index (χ0) is 13.9. The van der Waals surface area contributed by atoms with Crippen LogP contribution < -0.4 is 5.32 Å². The summed E-state index contributed by atoms with van der Waals surface area (Å²) >= 11 is 3.01. The molecule has 0 radical (unpaired) electrons. The van der Waals surface area contributed by atoms with Crippen LogP contribution in [0.4, 0.5) is 5.82 Å². The van der Waals surface area contributed by atoms with Crippen LogP contribution in [0, 0.1) is 0 Å². The Kier molecular flexibility index (Phi) is 4.06. The summed E-state index contributed by atoms with van der Waals surface area (Å²) in [7, 11) is 0. The molecule has 0 bridgehead atoms. The predicted molar refractivity (Wildman–Crippen MR) is 78.2 cm³/mol. The third-order valence-electron chi connectivity index (χ3n) is 2.77. The Hall–Kier alpha value is -1.35. The monoisotopic (exact) mass is 309 g/mol. The van der Waals surface area contributed by atoms with Gasteiger partial charge in [-0.05, 0) is 48.2 Å². The number of hydrogen-bond acceptors (Lipinski definition) is 8. The Morgan fingerprint density at radius 3 is 2.95 bits per heavy atom. The van der Waals surface area contributed by atoms with Gasteiger partial charge in [-0.1, -0.05) is 11.8 Å². The van der Waals surface area contributed by atoms with Gasteiger partial charge in [0.1, 0.15) is 10.8 Å². The topological polar surface area (TPSA) is 81.4 Å². The molecule has 0 saturated heterocycles. The molecule has 1 aliphatic rings. The molecule has 20 heavy (non-hydrogen) atoms. The minimum atomic E-state index is 0.461. The summed E-state index contributed by atoms with van der Waals surface area (Å²) in [5.74, 6) is 0.833. The third kappa shape index (κ3) is 3.04. The van der Waals surface area contributed by atoms with E-state index in [1.807, 2.05) is 23.9 Å². The Morgan fingerprint density at radius 1 is 1.40 bits per heavy atom. The Labute approximate surface area is 125 Å². The number of aromatic nitrogens is 6. The van der Waals surface area contributed by atoms with Gasteiger partial charge in [-0.15, -0.1) is 5.10 Å². The number of tetrazole rings is 1. The average Bonchev–Trinajstić information content (AvgIpc) is 3.19. The van der Waals surface area contributed by atoms with E-state index in [-0.39, 0.29) is 0 Å². The van der Waals surface area contributed by atoms with Gasteiger partial charge in [0.2, 0.25) is 5.16 Å². The van der Waals surface area contributed by atoms with Crippen LogP contribution in [0.2, 0.25) is 0 Å². The van der Waals surface area contributed by atoms with Crippen molar-refractivity contribution in [1.82, 2.24) is 30.2 Å². The second kappa shape index (κ2) is 5.96. The summed E-state index contributed by atoms with van der Waals surface area (Å²) < 4.78 is 1.89. The van der Waals surface area contributed by atoms with Crippen LogP contribution >= 0.6 is 23.5 Å². The van der Waals surface area contributed by atoms with E-state index in [9.17, 15) is 0 Å². The Morgan fingerprint density at radius 2 is 2.25 bits per heavy atom. The number of thioether (sulfide) groups is 1. The smallest absolute Gasteiger partial charge is 0.215 e. The van der Waals surface area contributed by atoms with Crippen molar-refractivity contribution in [1.29, 1.82) is 0 Å². The van der Waals surface area contributed by atoms with Crippen LogP contribution in [0.5, 0.6) is 0 Å². The molecule has 2 aromatic heterocycles. The molecule has 2 heterocycles. The number of rotatable bonds is 6. The van der Waals surface area contributed by atoms with Crippen molar-refractivity contribution in [2.75, 3.05) is 18.1 Å². The molecule has 0 aromatic carbocycles. The van der Waals surface area contributed by atoms with E-state index in [4.69, 9.17) is 0 Å². The molecule has 9 heteroatoms. The fourth-order valence-electron chi connectivity index (χ4n) is 1.71. The van der Waals surface area contributed by atoms with Crippen molar-refractivity contribution in [2.24, 2.45) is 0 Å². The van der Waals surface area contributed by atoms with Crippen LogP contribution in [-0.4, -0.2) is 43.0 Å². The minimum Gasteiger partial charge on any atom is -0.370 e. The molecule has 3 rings (SSSR count). The zero-order valence-corrected chi connectivity index (χ0v) is 12.9. The maximum atomic E-state index is 4.50. The highest BCUT2D eigenvalue weighted by atomic mass is 32.2. The first-order valence-electron chi connectivity index (χ1n) is 6.42. The molecule has 2 aromatic rings. The first kappa shape index (κ1) is 13.6. The molecule has 1 fully saturated rings. The number of nitrogens with one attached hydrogen (secondary N) is 1. The van der Waals surface area contributed by atoms with Gasteiger partial charge in [0.05, 0.1) is 6.04 Å². The van der Waals surface area contributed by atoms with Crippen LogP contribution in [-0.2, 0) is 0 Å². The molecule has 1 saturated carbocycles. The second-order valence-corrected chi connectivity index (χ2v) is 6.11. The van der Waals surface area contributed by atoms with Crippen molar-refractivity contribution in [2.45, 2.75) is 41.1 Å². The normalized spacial score (nSPS) is 14.5. The summed E-state index contributed by atoms with van der Waals surface area (Å²) in [4.78, 5) is 8.91. The lowest BCUT2D eigenvalue weighted by atomic mass is 10.5. The molecular weight excluding hydrogens is 294 g/mol. The lowest BCUT2D eigenvalue weighted by Gasteiger charge is -2.07. The lowest BCUT2D eigenvalue weighted by Crippen LogP contribution is -2.02. The molecule has 1 aliphatic carbocycles. The van der Waals surface area contributed by atoms with Gasteiger partial charge < -0.3 is 5.32 Å². The van der Waals surface area contributed by atoms with E-state index >= 15 is 0 Å². The predicted octanol–water partition coefficient (Wildman–Crippen LogP) is 2.10. The summed E-state index contributed by atoms with van der Waals surface area (Å²) in [6.45, 7) is 2.87.